The van der Waals surface area contributed by atoms with E-state index in [4.69, 9.17) is 17.0 Å². The van der Waals surface area contributed by atoms with Crippen LogP contribution in [0.1, 0.15) is 0 Å². The second-order valence-corrected chi connectivity index (χ2v) is 4.93. The molecule has 0 bridgehead atoms. The van der Waals surface area contributed by atoms with Gasteiger partial charge in [0, 0.05) is 18.0 Å². The van der Waals surface area contributed by atoms with Crippen LogP contribution < -0.4 is 4.74 Å². The number of rotatable bonds is 2. The molecule has 100 valence electrons. The van der Waals surface area contributed by atoms with E-state index in [1.807, 2.05) is 49.5 Å². The Hall–Kier alpha value is -2.20. The molecule has 0 N–H and O–H groups in total. The largest absolute Gasteiger partial charge is 0.497 e. The van der Waals surface area contributed by atoms with Crippen LogP contribution in [0.5, 0.6) is 5.75 Å². The molecule has 0 aliphatic carbocycles. The molecule has 0 saturated carbocycles. The van der Waals surface area contributed by atoms with E-state index in [1.165, 1.54) is 0 Å². The minimum Gasteiger partial charge on any atom is -0.497 e. The van der Waals surface area contributed by atoms with Crippen LogP contribution in [0.3, 0.4) is 0 Å². The number of methoxy groups -OCH3 is 1. The van der Waals surface area contributed by atoms with E-state index in [0.717, 1.165) is 28.0 Å². The number of ether oxygens (including phenoxy) is 1. The molecule has 3 aromatic rings. The quantitative estimate of drug-likeness (QED) is 0.665. The number of fused-ring (bicyclic) bond motifs is 1. The minimum atomic E-state index is 0.629. The molecule has 0 saturated heterocycles. The van der Waals surface area contributed by atoms with E-state index in [1.54, 1.807) is 7.11 Å². The fourth-order valence-corrected chi connectivity index (χ4v) is 2.55. The van der Waals surface area contributed by atoms with Crippen molar-refractivity contribution in [3.63, 3.8) is 0 Å². The summed E-state index contributed by atoms with van der Waals surface area (Å²) in [5.41, 5.74) is 2.10. The number of aryl methyl sites for hydroxylation is 1. The van der Waals surface area contributed by atoms with Crippen LogP contribution in [0.25, 0.3) is 22.3 Å². The number of para-hydroxylation sites is 1. The summed E-state index contributed by atoms with van der Waals surface area (Å²) in [5, 5.41) is 1.00. The lowest BCUT2D eigenvalue weighted by atomic mass is 10.1. The van der Waals surface area contributed by atoms with Gasteiger partial charge in [0.1, 0.15) is 16.2 Å². The van der Waals surface area contributed by atoms with Crippen molar-refractivity contribution in [1.29, 1.82) is 0 Å². The first-order valence-electron chi connectivity index (χ1n) is 6.31. The van der Waals surface area contributed by atoms with Crippen molar-refractivity contribution >= 4 is 23.1 Å². The van der Waals surface area contributed by atoms with Crippen LogP contribution >= 0.6 is 12.2 Å². The predicted molar refractivity (Wildman–Crippen MR) is 83.5 cm³/mol. The highest BCUT2D eigenvalue weighted by Crippen LogP contribution is 2.24. The third kappa shape index (κ3) is 2.08. The van der Waals surface area contributed by atoms with Gasteiger partial charge < -0.3 is 9.30 Å². The van der Waals surface area contributed by atoms with Crippen molar-refractivity contribution in [3.8, 4) is 17.1 Å². The molecule has 0 fully saturated rings. The second kappa shape index (κ2) is 5.06. The highest BCUT2D eigenvalue weighted by atomic mass is 32.1. The molecule has 0 spiro atoms. The third-order valence-electron chi connectivity index (χ3n) is 3.37. The van der Waals surface area contributed by atoms with E-state index < -0.39 is 0 Å². The van der Waals surface area contributed by atoms with Gasteiger partial charge in [0.2, 0.25) is 0 Å². The summed E-state index contributed by atoms with van der Waals surface area (Å²) in [6, 6.07) is 15.9. The molecule has 0 atom stereocenters. The maximum Gasteiger partial charge on any atom is 0.141 e. The average molecular weight is 282 g/mol. The minimum absolute atomic E-state index is 0.629. The number of aromatic nitrogens is 2. The number of benzene rings is 2. The normalized spacial score (nSPS) is 10.7. The summed E-state index contributed by atoms with van der Waals surface area (Å²) in [5.74, 6) is 1.69. The van der Waals surface area contributed by atoms with E-state index in [9.17, 15) is 0 Å². The zero-order valence-corrected chi connectivity index (χ0v) is 12.1. The van der Waals surface area contributed by atoms with Crippen LogP contribution in [0.15, 0.2) is 48.5 Å². The second-order valence-electron chi connectivity index (χ2n) is 4.55. The van der Waals surface area contributed by atoms with Gasteiger partial charge in [-0.15, -0.1) is 0 Å². The SMILES string of the molecule is COc1ccc(-c2nc(=S)c3ccccc3n2C)cc1. The molecular weight excluding hydrogens is 268 g/mol. The molecule has 0 unspecified atom stereocenters. The predicted octanol–water partition coefficient (Wildman–Crippen LogP) is 3.98. The Bertz CT molecular complexity index is 822. The molecule has 3 rings (SSSR count). The van der Waals surface area contributed by atoms with Gasteiger partial charge in [-0.05, 0) is 36.4 Å². The molecule has 1 aromatic heterocycles. The molecule has 0 aliphatic rings. The summed E-state index contributed by atoms with van der Waals surface area (Å²) in [6.45, 7) is 0. The van der Waals surface area contributed by atoms with Crippen LogP contribution in [0.2, 0.25) is 0 Å². The Labute approximate surface area is 122 Å². The molecule has 3 nitrogen and oxygen atoms in total. The van der Waals surface area contributed by atoms with Gasteiger partial charge in [0.05, 0.1) is 12.6 Å². The topological polar surface area (TPSA) is 27.1 Å². The zero-order chi connectivity index (χ0) is 14.1. The summed E-state index contributed by atoms with van der Waals surface area (Å²) < 4.78 is 7.87. The maximum atomic E-state index is 5.40. The molecule has 0 radical (unpaired) electrons. The summed E-state index contributed by atoms with van der Waals surface area (Å²) >= 11 is 5.40. The third-order valence-corrected chi connectivity index (χ3v) is 3.68. The summed E-state index contributed by atoms with van der Waals surface area (Å²) in [6.07, 6.45) is 0. The van der Waals surface area contributed by atoms with E-state index in [0.29, 0.717) is 4.64 Å². The van der Waals surface area contributed by atoms with Gasteiger partial charge in [-0.1, -0.05) is 24.4 Å². The molecular formula is C16H14N2OS. The van der Waals surface area contributed by atoms with E-state index in [2.05, 4.69) is 15.6 Å². The van der Waals surface area contributed by atoms with Crippen LogP contribution in [0, 0.1) is 4.64 Å². The number of hydrogen-bond acceptors (Lipinski definition) is 3. The van der Waals surface area contributed by atoms with Crippen molar-refractivity contribution in [1.82, 2.24) is 9.55 Å². The van der Waals surface area contributed by atoms with Crippen molar-refractivity contribution in [2.75, 3.05) is 7.11 Å². The van der Waals surface area contributed by atoms with Gasteiger partial charge in [-0.3, -0.25) is 0 Å². The molecule has 0 amide bonds. The molecule has 4 heteroatoms. The average Bonchev–Trinajstić information content (AvgIpc) is 2.51. The fraction of sp³-hybridized carbons (Fsp3) is 0.125. The summed E-state index contributed by atoms with van der Waals surface area (Å²) in [7, 11) is 3.66. The molecule has 2 aromatic carbocycles. The highest BCUT2D eigenvalue weighted by Gasteiger charge is 2.07. The molecule has 20 heavy (non-hydrogen) atoms. The van der Waals surface area contributed by atoms with Gasteiger partial charge >= 0.3 is 0 Å². The fourth-order valence-electron chi connectivity index (χ4n) is 2.29. The first kappa shape index (κ1) is 12.8. The molecule has 1 heterocycles. The van der Waals surface area contributed by atoms with Gasteiger partial charge in [0.25, 0.3) is 0 Å². The van der Waals surface area contributed by atoms with Crippen molar-refractivity contribution < 1.29 is 4.74 Å². The highest BCUT2D eigenvalue weighted by molar-refractivity contribution is 7.71. The van der Waals surface area contributed by atoms with Gasteiger partial charge in [-0.25, -0.2) is 4.98 Å². The Balaban J connectivity index is 2.25. The lowest BCUT2D eigenvalue weighted by molar-refractivity contribution is 0.415. The van der Waals surface area contributed by atoms with Crippen molar-refractivity contribution in [2.45, 2.75) is 0 Å². The van der Waals surface area contributed by atoms with Gasteiger partial charge in [-0.2, -0.15) is 0 Å². The summed E-state index contributed by atoms with van der Waals surface area (Å²) in [4.78, 5) is 4.56. The smallest absolute Gasteiger partial charge is 0.141 e. The lowest BCUT2D eigenvalue weighted by Gasteiger charge is -2.12. The lowest BCUT2D eigenvalue weighted by Crippen LogP contribution is -2.02. The number of nitrogens with zero attached hydrogens (tertiary/aromatic N) is 2. The van der Waals surface area contributed by atoms with Crippen LogP contribution in [-0.2, 0) is 7.05 Å². The first-order valence-corrected chi connectivity index (χ1v) is 6.72. The maximum absolute atomic E-state index is 5.40. The molecule has 0 aliphatic heterocycles. The standard InChI is InChI=1S/C16H14N2OS/c1-18-14-6-4-3-5-13(14)16(20)17-15(18)11-7-9-12(19-2)10-8-11/h3-10H,1-2H3. The Morgan fingerprint density at radius 1 is 1.05 bits per heavy atom. The van der Waals surface area contributed by atoms with E-state index in [-0.39, 0.29) is 0 Å². The Morgan fingerprint density at radius 3 is 2.45 bits per heavy atom. The van der Waals surface area contributed by atoms with Gasteiger partial charge in [0.15, 0.2) is 0 Å². The van der Waals surface area contributed by atoms with E-state index >= 15 is 0 Å². The van der Waals surface area contributed by atoms with Crippen LogP contribution in [0.4, 0.5) is 0 Å². The Kier molecular flexibility index (Phi) is 3.24. The van der Waals surface area contributed by atoms with Crippen molar-refractivity contribution in [3.05, 3.63) is 53.2 Å². The Morgan fingerprint density at radius 2 is 1.75 bits per heavy atom. The zero-order valence-electron chi connectivity index (χ0n) is 11.3. The first-order chi connectivity index (χ1) is 9.70. The van der Waals surface area contributed by atoms with Crippen molar-refractivity contribution in [2.24, 2.45) is 7.05 Å². The number of hydrogen-bond donors (Lipinski definition) is 0. The monoisotopic (exact) mass is 282 g/mol. The van der Waals surface area contributed by atoms with Crippen LogP contribution in [-0.4, -0.2) is 16.7 Å².